The quantitative estimate of drug-likeness (QED) is 0.222. The van der Waals surface area contributed by atoms with E-state index in [1.165, 1.54) is 55.6 Å². The number of anilines is 3. The van der Waals surface area contributed by atoms with Gasteiger partial charge in [0.05, 0.1) is 29.6 Å². The molecule has 0 atom stereocenters. The summed E-state index contributed by atoms with van der Waals surface area (Å²) < 4.78 is 10.00. The topological polar surface area (TPSA) is 128 Å². The number of ether oxygens (including phenoxy) is 2. The van der Waals surface area contributed by atoms with Crippen LogP contribution in [-0.4, -0.2) is 30.9 Å². The van der Waals surface area contributed by atoms with Crippen LogP contribution < -0.4 is 20.7 Å². The van der Waals surface area contributed by atoms with Crippen molar-refractivity contribution in [3.05, 3.63) is 94.1 Å². The van der Waals surface area contributed by atoms with Crippen LogP contribution >= 0.6 is 11.6 Å². The number of hydrogen-bond acceptors (Lipinski definition) is 8. The lowest BCUT2D eigenvalue weighted by atomic mass is 10.2. The van der Waals surface area contributed by atoms with Crippen LogP contribution in [0.1, 0.15) is 26.3 Å². The van der Waals surface area contributed by atoms with Gasteiger partial charge in [-0.2, -0.15) is 0 Å². The van der Waals surface area contributed by atoms with Gasteiger partial charge in [-0.3, -0.25) is 9.59 Å². The summed E-state index contributed by atoms with van der Waals surface area (Å²) in [6.07, 6.45) is 0. The van der Waals surface area contributed by atoms with Crippen molar-refractivity contribution in [1.29, 1.82) is 0 Å². The molecule has 0 radical (unpaired) electrons. The number of nitrogens with zero attached hydrogens (tertiary/aromatic N) is 1. The largest absolute Gasteiger partial charge is 0.465 e. The second-order valence-corrected chi connectivity index (χ2v) is 8.18. The van der Waals surface area contributed by atoms with E-state index < -0.39 is 23.8 Å². The number of benzene rings is 3. The van der Waals surface area contributed by atoms with Gasteiger partial charge in [0.15, 0.2) is 5.75 Å². The maximum absolute atomic E-state index is 13.0. The second kappa shape index (κ2) is 9.93. The average Bonchev–Trinajstić information content (AvgIpc) is 3.08. The van der Waals surface area contributed by atoms with Crippen LogP contribution in [0.15, 0.2) is 77.5 Å². The zero-order chi connectivity index (χ0) is 26.0. The number of aryl methyl sites for hydroxylation is 1. The first-order chi connectivity index (χ1) is 17.2. The molecule has 0 aliphatic carbocycles. The van der Waals surface area contributed by atoms with Crippen LogP contribution in [0.2, 0.25) is 0 Å². The van der Waals surface area contributed by atoms with E-state index >= 15 is 0 Å². The summed E-state index contributed by atoms with van der Waals surface area (Å²) in [6, 6.07) is 16.9. The molecule has 1 aliphatic rings. The van der Waals surface area contributed by atoms with Gasteiger partial charge >= 0.3 is 11.9 Å². The number of amides is 2. The minimum atomic E-state index is -0.717. The Morgan fingerprint density at radius 2 is 1.50 bits per heavy atom. The maximum Gasteiger partial charge on any atom is 0.343 e. The highest BCUT2D eigenvalue weighted by molar-refractivity contribution is 6.53. The molecule has 36 heavy (non-hydrogen) atoms. The first kappa shape index (κ1) is 24.5. The molecule has 4 rings (SSSR count). The SMILES string of the molecule is COC(=O)c1ccc(N2C(=O)C(Cl)=C(Nc3ccc(C(=O)Oc4ccc(C)cc4N)cc3)C2=O)cc1. The van der Waals surface area contributed by atoms with Crippen molar-refractivity contribution < 1.29 is 28.7 Å². The van der Waals surface area contributed by atoms with E-state index in [0.29, 0.717) is 11.4 Å². The summed E-state index contributed by atoms with van der Waals surface area (Å²) in [4.78, 5) is 50.6. The van der Waals surface area contributed by atoms with Crippen LogP contribution in [0, 0.1) is 6.92 Å². The zero-order valence-corrected chi connectivity index (χ0v) is 20.0. The van der Waals surface area contributed by atoms with Crippen molar-refractivity contribution in [3.63, 3.8) is 0 Å². The molecule has 0 saturated carbocycles. The van der Waals surface area contributed by atoms with Gasteiger partial charge in [-0.25, -0.2) is 14.5 Å². The summed E-state index contributed by atoms with van der Waals surface area (Å²) in [5, 5.41) is 2.53. The molecule has 3 aromatic carbocycles. The molecule has 3 aromatic rings. The molecule has 3 N–H and O–H groups in total. The van der Waals surface area contributed by atoms with Gasteiger partial charge in [0.2, 0.25) is 0 Å². The van der Waals surface area contributed by atoms with E-state index in [-0.39, 0.29) is 33.3 Å². The lowest BCUT2D eigenvalue weighted by Gasteiger charge is -2.15. The third kappa shape index (κ3) is 4.77. The van der Waals surface area contributed by atoms with E-state index in [4.69, 9.17) is 22.1 Å². The molecule has 0 saturated heterocycles. The fraction of sp³-hybridized carbons (Fsp3) is 0.0769. The molecule has 1 heterocycles. The summed E-state index contributed by atoms with van der Waals surface area (Å²) in [5.41, 5.74) is 8.22. The second-order valence-electron chi connectivity index (χ2n) is 7.81. The lowest BCUT2D eigenvalue weighted by molar-refractivity contribution is -0.120. The predicted octanol–water partition coefficient (Wildman–Crippen LogP) is 4.02. The normalized spacial score (nSPS) is 13.1. The molecule has 9 nitrogen and oxygen atoms in total. The zero-order valence-electron chi connectivity index (χ0n) is 19.2. The van der Waals surface area contributed by atoms with Crippen molar-refractivity contribution >= 4 is 52.4 Å². The Morgan fingerprint density at radius 1 is 0.889 bits per heavy atom. The number of nitrogens with two attached hydrogens (primary N) is 1. The summed E-state index contributed by atoms with van der Waals surface area (Å²) >= 11 is 6.17. The van der Waals surface area contributed by atoms with Gasteiger partial charge in [-0.15, -0.1) is 0 Å². The number of nitrogens with one attached hydrogen (secondary N) is 1. The minimum Gasteiger partial charge on any atom is -0.465 e. The molecule has 182 valence electrons. The molecule has 1 aliphatic heterocycles. The van der Waals surface area contributed by atoms with E-state index in [0.717, 1.165) is 10.5 Å². The number of carbonyl (C=O) groups is 4. The number of hydrogen-bond donors (Lipinski definition) is 2. The number of carbonyl (C=O) groups excluding carboxylic acids is 4. The van der Waals surface area contributed by atoms with Crippen LogP contribution in [0.3, 0.4) is 0 Å². The van der Waals surface area contributed by atoms with Crippen molar-refractivity contribution in [2.24, 2.45) is 0 Å². The first-order valence-electron chi connectivity index (χ1n) is 10.6. The first-order valence-corrected chi connectivity index (χ1v) is 11.0. The van der Waals surface area contributed by atoms with Crippen molar-refractivity contribution in [3.8, 4) is 5.75 Å². The lowest BCUT2D eigenvalue weighted by Crippen LogP contribution is -2.32. The van der Waals surface area contributed by atoms with Gasteiger partial charge < -0.3 is 20.5 Å². The predicted molar refractivity (Wildman–Crippen MR) is 134 cm³/mol. The van der Waals surface area contributed by atoms with Gasteiger partial charge in [0, 0.05) is 5.69 Å². The van der Waals surface area contributed by atoms with Crippen LogP contribution in [-0.2, 0) is 14.3 Å². The number of esters is 2. The Hall–Kier alpha value is -4.63. The van der Waals surface area contributed by atoms with Crippen LogP contribution in [0.5, 0.6) is 5.75 Å². The van der Waals surface area contributed by atoms with E-state index in [1.807, 2.05) is 6.92 Å². The van der Waals surface area contributed by atoms with Crippen LogP contribution in [0.25, 0.3) is 0 Å². The Labute approximate surface area is 211 Å². The van der Waals surface area contributed by atoms with E-state index in [9.17, 15) is 19.2 Å². The number of methoxy groups -OCH3 is 1. The molecule has 10 heteroatoms. The van der Waals surface area contributed by atoms with Crippen LogP contribution in [0.4, 0.5) is 17.1 Å². The Kier molecular flexibility index (Phi) is 6.75. The number of nitrogen functional groups attached to an aromatic ring is 1. The molecule has 0 bridgehead atoms. The fourth-order valence-corrected chi connectivity index (χ4v) is 3.68. The molecule has 0 fully saturated rings. The third-order valence-corrected chi connectivity index (χ3v) is 5.68. The monoisotopic (exact) mass is 505 g/mol. The van der Waals surface area contributed by atoms with Gasteiger partial charge in [0.25, 0.3) is 11.8 Å². The average molecular weight is 506 g/mol. The number of rotatable bonds is 6. The Morgan fingerprint density at radius 3 is 2.11 bits per heavy atom. The third-order valence-electron chi connectivity index (χ3n) is 5.33. The summed E-state index contributed by atoms with van der Waals surface area (Å²) in [6.45, 7) is 1.87. The Bertz CT molecular complexity index is 1410. The van der Waals surface area contributed by atoms with Crippen molar-refractivity contribution in [2.75, 3.05) is 23.1 Å². The Balaban J connectivity index is 1.47. The molecular formula is C26H20ClN3O6. The number of halogens is 1. The number of imide groups is 1. The molecule has 0 aromatic heterocycles. The van der Waals surface area contributed by atoms with Gasteiger partial charge in [-0.1, -0.05) is 17.7 Å². The molecule has 0 spiro atoms. The van der Waals surface area contributed by atoms with Gasteiger partial charge in [0.1, 0.15) is 10.7 Å². The van der Waals surface area contributed by atoms with Crippen molar-refractivity contribution in [1.82, 2.24) is 0 Å². The van der Waals surface area contributed by atoms with Gasteiger partial charge in [-0.05, 0) is 73.2 Å². The standard InChI is InChI=1S/C26H20ClN3O6/c1-14-3-12-20(19(28)13-14)36-26(34)16-4-8-17(9-5-16)29-22-21(27)23(31)30(24(22)32)18-10-6-15(7-11-18)25(33)35-2/h3-13,29H,28H2,1-2H3. The highest BCUT2D eigenvalue weighted by Gasteiger charge is 2.39. The molecular weight excluding hydrogens is 486 g/mol. The highest BCUT2D eigenvalue weighted by atomic mass is 35.5. The maximum atomic E-state index is 13.0. The summed E-state index contributed by atoms with van der Waals surface area (Å²) in [5.74, 6) is -2.30. The minimum absolute atomic E-state index is 0.124. The smallest absolute Gasteiger partial charge is 0.343 e. The summed E-state index contributed by atoms with van der Waals surface area (Å²) in [7, 11) is 1.25. The van der Waals surface area contributed by atoms with Crippen molar-refractivity contribution in [2.45, 2.75) is 6.92 Å². The molecule has 0 unspecified atom stereocenters. The molecule has 2 amide bonds. The fourth-order valence-electron chi connectivity index (χ4n) is 3.46. The highest BCUT2D eigenvalue weighted by Crippen LogP contribution is 2.30. The van der Waals surface area contributed by atoms with E-state index in [1.54, 1.807) is 18.2 Å². The van der Waals surface area contributed by atoms with E-state index in [2.05, 4.69) is 10.1 Å².